The Morgan fingerprint density at radius 2 is 2.07 bits per heavy atom. The normalized spacial score (nSPS) is 13.1. The maximum Gasteiger partial charge on any atom is 0.246 e. The van der Waals surface area contributed by atoms with Crippen molar-refractivity contribution in [3.05, 3.63) is 58.9 Å². The van der Waals surface area contributed by atoms with Gasteiger partial charge in [-0.2, -0.15) is 4.37 Å². The quantitative estimate of drug-likeness (QED) is 0.652. The van der Waals surface area contributed by atoms with Crippen molar-refractivity contribution in [2.75, 3.05) is 23.3 Å². The maximum absolute atomic E-state index is 13.0. The predicted molar refractivity (Wildman–Crippen MR) is 120 cm³/mol. The van der Waals surface area contributed by atoms with Crippen LogP contribution in [0, 0.1) is 13.8 Å². The fourth-order valence-electron chi connectivity index (χ4n) is 3.89. The summed E-state index contributed by atoms with van der Waals surface area (Å²) in [4.78, 5) is 19.4. The number of hydrogen-bond acceptors (Lipinski definition) is 5. The SMILES string of the molecule is Cc1nsc(-c2ccc(C)c(NCC(=O)N3CCc4c(C(C)C)cccc43)c2)n1. The van der Waals surface area contributed by atoms with Gasteiger partial charge in [-0.25, -0.2) is 4.98 Å². The predicted octanol–water partition coefficient (Wildman–Crippen LogP) is 4.95. The number of amides is 1. The van der Waals surface area contributed by atoms with Crippen LogP contribution in [0.3, 0.4) is 0 Å². The maximum atomic E-state index is 13.0. The van der Waals surface area contributed by atoms with Crippen LogP contribution in [0.2, 0.25) is 0 Å². The van der Waals surface area contributed by atoms with Crippen molar-refractivity contribution in [2.24, 2.45) is 0 Å². The zero-order chi connectivity index (χ0) is 20.5. The van der Waals surface area contributed by atoms with Crippen LogP contribution >= 0.6 is 11.5 Å². The van der Waals surface area contributed by atoms with Crippen molar-refractivity contribution in [1.29, 1.82) is 0 Å². The topological polar surface area (TPSA) is 58.1 Å². The molecule has 3 aromatic rings. The Morgan fingerprint density at radius 3 is 2.79 bits per heavy atom. The third kappa shape index (κ3) is 3.90. The van der Waals surface area contributed by atoms with Crippen LogP contribution in [0.25, 0.3) is 10.6 Å². The third-order valence-corrected chi connectivity index (χ3v) is 6.28. The Morgan fingerprint density at radius 1 is 1.24 bits per heavy atom. The van der Waals surface area contributed by atoms with Gasteiger partial charge in [0, 0.05) is 23.5 Å². The molecule has 0 radical (unpaired) electrons. The van der Waals surface area contributed by atoms with Crippen LogP contribution in [0.5, 0.6) is 0 Å². The largest absolute Gasteiger partial charge is 0.376 e. The van der Waals surface area contributed by atoms with E-state index in [2.05, 4.69) is 58.9 Å². The number of nitrogens with zero attached hydrogens (tertiary/aromatic N) is 3. The third-order valence-electron chi connectivity index (χ3n) is 5.43. The highest BCUT2D eigenvalue weighted by atomic mass is 32.1. The lowest BCUT2D eigenvalue weighted by molar-refractivity contribution is -0.116. The average molecular weight is 407 g/mol. The number of aromatic nitrogens is 2. The lowest BCUT2D eigenvalue weighted by Crippen LogP contribution is -2.34. The molecule has 29 heavy (non-hydrogen) atoms. The Balaban J connectivity index is 1.50. The minimum atomic E-state index is 0.0984. The fourth-order valence-corrected chi connectivity index (χ4v) is 4.55. The Hall–Kier alpha value is -2.73. The minimum Gasteiger partial charge on any atom is -0.376 e. The minimum absolute atomic E-state index is 0.0984. The Kier molecular flexibility index (Phi) is 5.37. The van der Waals surface area contributed by atoms with E-state index in [1.807, 2.05) is 24.8 Å². The van der Waals surface area contributed by atoms with E-state index >= 15 is 0 Å². The lowest BCUT2D eigenvalue weighted by atomic mass is 9.96. The van der Waals surface area contributed by atoms with Crippen LogP contribution in [0.1, 0.15) is 42.3 Å². The zero-order valence-electron chi connectivity index (χ0n) is 17.3. The second kappa shape index (κ2) is 7.95. The van der Waals surface area contributed by atoms with Crippen LogP contribution in [0.4, 0.5) is 11.4 Å². The van der Waals surface area contributed by atoms with Gasteiger partial charge in [0.05, 0.1) is 6.54 Å². The van der Waals surface area contributed by atoms with Gasteiger partial charge in [0.15, 0.2) is 0 Å². The molecule has 0 fully saturated rings. The van der Waals surface area contributed by atoms with Crippen LogP contribution in [-0.4, -0.2) is 28.4 Å². The van der Waals surface area contributed by atoms with E-state index in [9.17, 15) is 4.79 Å². The van der Waals surface area contributed by atoms with E-state index in [1.54, 1.807) is 0 Å². The summed E-state index contributed by atoms with van der Waals surface area (Å²) in [5.41, 5.74) is 6.81. The molecule has 2 heterocycles. The monoisotopic (exact) mass is 406 g/mol. The molecular weight excluding hydrogens is 380 g/mol. The van der Waals surface area contributed by atoms with Gasteiger partial charge in [-0.3, -0.25) is 4.79 Å². The molecule has 2 aromatic carbocycles. The second-order valence-corrected chi connectivity index (χ2v) is 8.58. The summed E-state index contributed by atoms with van der Waals surface area (Å²) in [7, 11) is 0. The van der Waals surface area contributed by atoms with Crippen LogP contribution in [0.15, 0.2) is 36.4 Å². The number of hydrogen-bond donors (Lipinski definition) is 1. The molecule has 150 valence electrons. The molecule has 0 aliphatic carbocycles. The summed E-state index contributed by atoms with van der Waals surface area (Å²) in [6.07, 6.45) is 0.931. The molecule has 4 rings (SSSR count). The second-order valence-electron chi connectivity index (χ2n) is 7.82. The summed E-state index contributed by atoms with van der Waals surface area (Å²) >= 11 is 1.39. The molecule has 1 aliphatic rings. The standard InChI is InChI=1S/C23H26N4OS/c1-14(2)18-6-5-7-21-19(18)10-11-27(21)22(28)13-24-20-12-17(9-8-15(20)3)23-25-16(4)26-29-23/h5-9,12,14,24H,10-11,13H2,1-4H3. The van der Waals surface area contributed by atoms with Gasteiger partial charge in [0.1, 0.15) is 10.8 Å². The molecule has 5 nitrogen and oxygen atoms in total. The van der Waals surface area contributed by atoms with Gasteiger partial charge in [-0.1, -0.05) is 38.1 Å². The van der Waals surface area contributed by atoms with Crippen LogP contribution in [-0.2, 0) is 11.2 Å². The van der Waals surface area contributed by atoms with Gasteiger partial charge in [-0.05, 0) is 66.5 Å². The van der Waals surface area contributed by atoms with E-state index < -0.39 is 0 Å². The number of fused-ring (bicyclic) bond motifs is 1. The summed E-state index contributed by atoms with van der Waals surface area (Å²) in [6.45, 7) is 9.37. The molecule has 1 amide bonds. The van der Waals surface area contributed by atoms with Crippen molar-refractivity contribution in [3.63, 3.8) is 0 Å². The molecular formula is C23H26N4OS. The molecule has 6 heteroatoms. The number of nitrogens with one attached hydrogen (secondary N) is 1. The van der Waals surface area contributed by atoms with Crippen molar-refractivity contribution in [2.45, 2.75) is 40.0 Å². The summed E-state index contributed by atoms with van der Waals surface area (Å²) in [5, 5.41) is 4.23. The first kappa shape index (κ1) is 19.6. The van der Waals surface area contributed by atoms with Crippen molar-refractivity contribution >= 4 is 28.8 Å². The van der Waals surface area contributed by atoms with Crippen molar-refractivity contribution < 1.29 is 4.79 Å². The number of benzene rings is 2. The number of carbonyl (C=O) groups excluding carboxylic acids is 1. The number of aryl methyl sites for hydroxylation is 2. The molecule has 1 N–H and O–H groups in total. The summed E-state index contributed by atoms with van der Waals surface area (Å²) in [6, 6.07) is 12.5. The molecule has 0 saturated heterocycles. The molecule has 0 atom stereocenters. The highest BCUT2D eigenvalue weighted by Gasteiger charge is 2.26. The number of anilines is 2. The van der Waals surface area contributed by atoms with Crippen molar-refractivity contribution in [1.82, 2.24) is 9.36 Å². The number of carbonyl (C=O) groups is 1. The highest BCUT2D eigenvalue weighted by molar-refractivity contribution is 7.09. The molecule has 1 aromatic heterocycles. The Bertz CT molecular complexity index is 1060. The zero-order valence-corrected chi connectivity index (χ0v) is 18.1. The first-order chi connectivity index (χ1) is 13.9. The molecule has 0 saturated carbocycles. The Labute approximate surface area is 176 Å². The summed E-state index contributed by atoms with van der Waals surface area (Å²) in [5.74, 6) is 1.34. The van der Waals surface area contributed by atoms with E-state index in [1.165, 1.54) is 22.7 Å². The fraction of sp³-hybridized carbons (Fsp3) is 0.348. The van der Waals surface area contributed by atoms with Gasteiger partial charge < -0.3 is 10.2 Å². The van der Waals surface area contributed by atoms with E-state index in [-0.39, 0.29) is 12.5 Å². The van der Waals surface area contributed by atoms with E-state index in [4.69, 9.17) is 0 Å². The molecule has 1 aliphatic heterocycles. The highest BCUT2D eigenvalue weighted by Crippen LogP contribution is 2.34. The average Bonchev–Trinajstić information content (AvgIpc) is 3.33. The van der Waals surface area contributed by atoms with E-state index in [0.717, 1.165) is 46.3 Å². The van der Waals surface area contributed by atoms with Gasteiger partial charge in [0.25, 0.3) is 0 Å². The van der Waals surface area contributed by atoms with Crippen LogP contribution < -0.4 is 10.2 Å². The van der Waals surface area contributed by atoms with E-state index in [0.29, 0.717) is 5.92 Å². The van der Waals surface area contributed by atoms with Crippen molar-refractivity contribution in [3.8, 4) is 10.6 Å². The van der Waals surface area contributed by atoms with Gasteiger partial charge in [-0.15, -0.1) is 0 Å². The molecule has 0 unspecified atom stereocenters. The number of rotatable bonds is 5. The first-order valence-corrected chi connectivity index (χ1v) is 10.8. The molecule has 0 spiro atoms. The summed E-state index contributed by atoms with van der Waals surface area (Å²) < 4.78 is 4.26. The lowest BCUT2D eigenvalue weighted by Gasteiger charge is -2.20. The first-order valence-electron chi connectivity index (χ1n) is 10.0. The molecule has 0 bridgehead atoms. The smallest absolute Gasteiger partial charge is 0.246 e. The van der Waals surface area contributed by atoms with Gasteiger partial charge in [0.2, 0.25) is 5.91 Å². The van der Waals surface area contributed by atoms with Gasteiger partial charge >= 0.3 is 0 Å².